The standard InChI is InChI=1S/C20H25N3OS/c1-16-5-7-19(8-6-16)22-20(25)21-14-17-3-2-4-18(13-17)15-23-9-11-24-12-10-23/h2-8,13H,9-12,14-15H2,1H3,(H2,21,22,25). The van der Waals surface area contributed by atoms with Crippen LogP contribution >= 0.6 is 12.2 Å². The molecule has 2 N–H and O–H groups in total. The van der Waals surface area contributed by atoms with Crippen LogP contribution in [0.4, 0.5) is 5.69 Å². The van der Waals surface area contributed by atoms with Crippen molar-refractivity contribution in [2.45, 2.75) is 20.0 Å². The molecule has 0 bridgehead atoms. The second-order valence-electron chi connectivity index (χ2n) is 6.38. The van der Waals surface area contributed by atoms with Gasteiger partial charge in [0.05, 0.1) is 13.2 Å². The molecule has 0 amide bonds. The molecule has 0 atom stereocenters. The lowest BCUT2D eigenvalue weighted by Crippen LogP contribution is -2.35. The van der Waals surface area contributed by atoms with Gasteiger partial charge in [-0.25, -0.2) is 0 Å². The molecule has 25 heavy (non-hydrogen) atoms. The van der Waals surface area contributed by atoms with Crippen LogP contribution in [0.5, 0.6) is 0 Å². The highest BCUT2D eigenvalue weighted by Crippen LogP contribution is 2.11. The van der Waals surface area contributed by atoms with Gasteiger partial charge in [0.15, 0.2) is 5.11 Å². The van der Waals surface area contributed by atoms with Crippen molar-refractivity contribution in [3.05, 3.63) is 65.2 Å². The number of hydrogen-bond acceptors (Lipinski definition) is 3. The lowest BCUT2D eigenvalue weighted by molar-refractivity contribution is 0.0342. The van der Waals surface area contributed by atoms with Gasteiger partial charge in [0.1, 0.15) is 0 Å². The maximum Gasteiger partial charge on any atom is 0.171 e. The Hall–Kier alpha value is -1.95. The Bertz CT molecular complexity index is 696. The molecule has 5 heteroatoms. The van der Waals surface area contributed by atoms with Gasteiger partial charge in [0.2, 0.25) is 0 Å². The van der Waals surface area contributed by atoms with Crippen LogP contribution in [0.15, 0.2) is 48.5 Å². The predicted octanol–water partition coefficient (Wildman–Crippen LogP) is 3.31. The molecule has 0 radical (unpaired) electrons. The Morgan fingerprint density at radius 1 is 1.08 bits per heavy atom. The van der Waals surface area contributed by atoms with Crippen molar-refractivity contribution >= 4 is 23.0 Å². The topological polar surface area (TPSA) is 36.5 Å². The number of anilines is 1. The highest BCUT2D eigenvalue weighted by Gasteiger charge is 2.10. The highest BCUT2D eigenvalue weighted by atomic mass is 32.1. The fraction of sp³-hybridized carbons (Fsp3) is 0.350. The minimum absolute atomic E-state index is 0.641. The number of morpholine rings is 1. The zero-order valence-corrected chi connectivity index (χ0v) is 15.4. The van der Waals surface area contributed by atoms with Crippen LogP contribution < -0.4 is 10.6 Å². The summed E-state index contributed by atoms with van der Waals surface area (Å²) in [7, 11) is 0. The number of nitrogens with one attached hydrogen (secondary N) is 2. The van der Waals surface area contributed by atoms with Crippen molar-refractivity contribution in [2.75, 3.05) is 31.6 Å². The second kappa shape index (κ2) is 8.94. The van der Waals surface area contributed by atoms with Crippen LogP contribution in [0.1, 0.15) is 16.7 Å². The minimum Gasteiger partial charge on any atom is -0.379 e. The van der Waals surface area contributed by atoms with E-state index in [9.17, 15) is 0 Å². The molecule has 1 saturated heterocycles. The first-order valence-corrected chi connectivity index (χ1v) is 9.09. The van der Waals surface area contributed by atoms with Crippen molar-refractivity contribution in [3.63, 3.8) is 0 Å². The largest absolute Gasteiger partial charge is 0.379 e. The summed E-state index contributed by atoms with van der Waals surface area (Å²) in [6.07, 6.45) is 0. The number of ether oxygens (including phenoxy) is 1. The van der Waals surface area contributed by atoms with Crippen molar-refractivity contribution in [3.8, 4) is 0 Å². The number of nitrogens with zero attached hydrogens (tertiary/aromatic N) is 1. The molecule has 0 aliphatic carbocycles. The Morgan fingerprint density at radius 3 is 2.56 bits per heavy atom. The molecule has 2 aromatic carbocycles. The summed E-state index contributed by atoms with van der Waals surface area (Å²) in [4.78, 5) is 2.43. The monoisotopic (exact) mass is 355 g/mol. The first kappa shape index (κ1) is 17.9. The van der Waals surface area contributed by atoms with Crippen molar-refractivity contribution in [1.29, 1.82) is 0 Å². The number of rotatable bonds is 5. The van der Waals surface area contributed by atoms with Crippen LogP contribution in [-0.4, -0.2) is 36.3 Å². The number of thiocarbonyl (C=S) groups is 1. The third kappa shape index (κ3) is 5.81. The van der Waals surface area contributed by atoms with Crippen LogP contribution in [0.25, 0.3) is 0 Å². The van der Waals surface area contributed by atoms with E-state index in [1.807, 2.05) is 12.1 Å². The van der Waals surface area contributed by atoms with E-state index in [-0.39, 0.29) is 0 Å². The summed E-state index contributed by atoms with van der Waals surface area (Å²) in [6.45, 7) is 7.45. The zero-order chi connectivity index (χ0) is 17.5. The Kier molecular flexibility index (Phi) is 6.39. The third-order valence-corrected chi connectivity index (χ3v) is 4.51. The van der Waals surface area contributed by atoms with Crippen LogP contribution in [-0.2, 0) is 17.8 Å². The van der Waals surface area contributed by atoms with Gasteiger partial charge in [0, 0.05) is 31.9 Å². The van der Waals surface area contributed by atoms with Gasteiger partial charge in [-0.3, -0.25) is 4.90 Å². The molecule has 1 fully saturated rings. The fourth-order valence-corrected chi connectivity index (χ4v) is 3.04. The lowest BCUT2D eigenvalue weighted by atomic mass is 10.1. The number of benzene rings is 2. The van der Waals surface area contributed by atoms with Crippen molar-refractivity contribution < 1.29 is 4.74 Å². The van der Waals surface area contributed by atoms with Gasteiger partial charge >= 0.3 is 0 Å². The average Bonchev–Trinajstić information content (AvgIpc) is 2.63. The van der Waals surface area contributed by atoms with Crippen molar-refractivity contribution in [1.82, 2.24) is 10.2 Å². The first-order chi connectivity index (χ1) is 12.2. The molecule has 0 unspecified atom stereocenters. The van der Waals surface area contributed by atoms with Gasteiger partial charge < -0.3 is 15.4 Å². The summed E-state index contributed by atoms with van der Waals surface area (Å²) < 4.78 is 5.41. The predicted molar refractivity (Wildman–Crippen MR) is 107 cm³/mol. The molecule has 0 spiro atoms. The van der Waals surface area contributed by atoms with Gasteiger partial charge in [-0.15, -0.1) is 0 Å². The minimum atomic E-state index is 0.641. The second-order valence-corrected chi connectivity index (χ2v) is 6.79. The highest BCUT2D eigenvalue weighted by molar-refractivity contribution is 7.80. The molecular formula is C20H25N3OS. The number of aryl methyl sites for hydroxylation is 1. The molecule has 2 aromatic rings. The first-order valence-electron chi connectivity index (χ1n) is 8.68. The Balaban J connectivity index is 1.49. The average molecular weight is 356 g/mol. The molecule has 1 aliphatic rings. The summed E-state index contributed by atoms with van der Waals surface area (Å²) in [5, 5.41) is 7.14. The van der Waals surface area contributed by atoms with E-state index in [4.69, 9.17) is 17.0 Å². The van der Waals surface area contributed by atoms with E-state index in [1.54, 1.807) is 0 Å². The van der Waals surface area contributed by atoms with E-state index in [2.05, 4.69) is 58.9 Å². The molecule has 0 saturated carbocycles. The Morgan fingerprint density at radius 2 is 1.80 bits per heavy atom. The zero-order valence-electron chi connectivity index (χ0n) is 14.6. The molecule has 3 rings (SSSR count). The van der Waals surface area contributed by atoms with Gasteiger partial charge in [-0.2, -0.15) is 0 Å². The molecule has 1 heterocycles. The summed E-state index contributed by atoms with van der Waals surface area (Å²) in [6, 6.07) is 16.9. The fourth-order valence-electron chi connectivity index (χ4n) is 2.85. The van der Waals surface area contributed by atoms with E-state index in [0.717, 1.165) is 38.5 Å². The van der Waals surface area contributed by atoms with Crippen LogP contribution in [0.3, 0.4) is 0 Å². The SMILES string of the molecule is Cc1ccc(NC(=S)NCc2cccc(CN3CCOCC3)c2)cc1. The van der Waals surface area contributed by atoms with Gasteiger partial charge in [-0.05, 0) is 42.4 Å². The maximum absolute atomic E-state index is 5.41. The van der Waals surface area contributed by atoms with Crippen LogP contribution in [0.2, 0.25) is 0 Å². The van der Waals surface area contributed by atoms with E-state index < -0.39 is 0 Å². The smallest absolute Gasteiger partial charge is 0.171 e. The molecular weight excluding hydrogens is 330 g/mol. The summed E-state index contributed by atoms with van der Waals surface area (Å²) >= 11 is 5.39. The quantitative estimate of drug-likeness (QED) is 0.805. The molecule has 4 nitrogen and oxygen atoms in total. The van der Waals surface area contributed by atoms with E-state index >= 15 is 0 Å². The normalized spacial score (nSPS) is 14.9. The molecule has 1 aliphatic heterocycles. The van der Waals surface area contributed by atoms with Gasteiger partial charge in [0.25, 0.3) is 0 Å². The molecule has 0 aromatic heterocycles. The van der Waals surface area contributed by atoms with Gasteiger partial charge in [-0.1, -0.05) is 42.0 Å². The van der Waals surface area contributed by atoms with Crippen molar-refractivity contribution in [2.24, 2.45) is 0 Å². The van der Waals surface area contributed by atoms with E-state index in [1.165, 1.54) is 16.7 Å². The van der Waals surface area contributed by atoms with Crippen LogP contribution in [0, 0.1) is 6.92 Å². The lowest BCUT2D eigenvalue weighted by Gasteiger charge is -2.26. The third-order valence-electron chi connectivity index (χ3n) is 4.26. The summed E-state index contributed by atoms with van der Waals surface area (Å²) in [5.41, 5.74) is 4.81. The maximum atomic E-state index is 5.41. The summed E-state index contributed by atoms with van der Waals surface area (Å²) in [5.74, 6) is 0. The van der Waals surface area contributed by atoms with E-state index in [0.29, 0.717) is 11.7 Å². The molecule has 132 valence electrons. The Labute approximate surface area is 155 Å². The number of hydrogen-bond donors (Lipinski definition) is 2.